The predicted molar refractivity (Wildman–Crippen MR) is 110 cm³/mol. The van der Waals surface area contributed by atoms with E-state index < -0.39 is 0 Å². The first-order chi connectivity index (χ1) is 10.9. The molecule has 0 atom stereocenters. The van der Waals surface area contributed by atoms with Gasteiger partial charge in [0.05, 0.1) is 5.69 Å². The minimum atomic E-state index is 0. The molecule has 0 aromatic carbocycles. The van der Waals surface area contributed by atoms with Gasteiger partial charge in [-0.3, -0.25) is 0 Å². The third kappa shape index (κ3) is 5.93. The molecular formula is C18H33IN4O. The maximum absolute atomic E-state index is 5.60. The van der Waals surface area contributed by atoms with E-state index in [4.69, 9.17) is 4.42 Å². The van der Waals surface area contributed by atoms with Crippen molar-refractivity contribution in [1.82, 2.24) is 15.6 Å². The van der Waals surface area contributed by atoms with Crippen molar-refractivity contribution in [2.24, 2.45) is 16.3 Å². The van der Waals surface area contributed by atoms with Gasteiger partial charge in [0.2, 0.25) is 5.89 Å². The van der Waals surface area contributed by atoms with Gasteiger partial charge >= 0.3 is 0 Å². The second kappa shape index (κ2) is 9.63. The Bertz CT molecular complexity index is 514. The number of halogens is 1. The molecule has 0 radical (unpaired) electrons. The van der Waals surface area contributed by atoms with E-state index in [-0.39, 0.29) is 24.0 Å². The lowest BCUT2D eigenvalue weighted by Crippen LogP contribution is -2.44. The number of oxazole rings is 1. The van der Waals surface area contributed by atoms with E-state index in [1.165, 1.54) is 25.7 Å². The zero-order chi connectivity index (χ0) is 16.9. The van der Waals surface area contributed by atoms with Crippen molar-refractivity contribution >= 4 is 29.9 Å². The van der Waals surface area contributed by atoms with Crippen LogP contribution in [0.25, 0.3) is 0 Å². The summed E-state index contributed by atoms with van der Waals surface area (Å²) < 4.78 is 5.60. The number of hydrogen-bond donors (Lipinski definition) is 2. The molecule has 1 aromatic heterocycles. The monoisotopic (exact) mass is 448 g/mol. The maximum atomic E-state index is 5.60. The molecule has 0 amide bonds. The fourth-order valence-electron chi connectivity index (χ4n) is 3.26. The summed E-state index contributed by atoms with van der Waals surface area (Å²) in [5.74, 6) is 3.20. The van der Waals surface area contributed by atoms with Gasteiger partial charge in [-0.15, -0.1) is 24.0 Å². The highest BCUT2D eigenvalue weighted by Crippen LogP contribution is 2.38. The van der Waals surface area contributed by atoms with Gasteiger partial charge in [0, 0.05) is 13.1 Å². The van der Waals surface area contributed by atoms with Crippen LogP contribution < -0.4 is 10.6 Å². The van der Waals surface area contributed by atoms with Crippen molar-refractivity contribution in [2.45, 2.75) is 66.8 Å². The smallest absolute Gasteiger partial charge is 0.216 e. The summed E-state index contributed by atoms with van der Waals surface area (Å²) in [4.78, 5) is 8.99. The summed E-state index contributed by atoms with van der Waals surface area (Å²) in [7, 11) is 0. The van der Waals surface area contributed by atoms with Gasteiger partial charge in [-0.2, -0.15) is 0 Å². The highest BCUT2D eigenvalue weighted by Gasteiger charge is 2.31. The van der Waals surface area contributed by atoms with Crippen LogP contribution in [0, 0.1) is 25.2 Å². The number of rotatable bonds is 6. The van der Waals surface area contributed by atoms with E-state index in [2.05, 4.69) is 41.4 Å². The summed E-state index contributed by atoms with van der Waals surface area (Å²) in [5.41, 5.74) is 1.23. The minimum absolute atomic E-state index is 0. The fraction of sp³-hybridized carbons (Fsp3) is 0.778. The molecule has 6 heteroatoms. The standard InChI is InChI=1S/C18H32N4O.HI/c1-6-19-17(20-11-16-22-13(2)14(3)23-16)21-12-18(4,5)15-9-7-8-10-15;/h15H,6-12H2,1-5H3,(H2,19,20,21);1H. The van der Waals surface area contributed by atoms with Crippen molar-refractivity contribution in [1.29, 1.82) is 0 Å². The second-order valence-corrected chi connectivity index (χ2v) is 7.27. The fourth-order valence-corrected chi connectivity index (χ4v) is 3.26. The third-order valence-electron chi connectivity index (χ3n) is 4.96. The number of guanidine groups is 1. The molecule has 1 aliphatic carbocycles. The van der Waals surface area contributed by atoms with E-state index in [9.17, 15) is 0 Å². The Kier molecular flexibility index (Phi) is 8.53. The molecule has 0 aliphatic heterocycles. The summed E-state index contributed by atoms with van der Waals surface area (Å²) >= 11 is 0. The molecule has 0 saturated heterocycles. The molecule has 1 saturated carbocycles. The number of nitrogens with zero attached hydrogens (tertiary/aromatic N) is 2. The number of aliphatic imine (C=N–C) groups is 1. The van der Waals surface area contributed by atoms with Crippen LogP contribution in [-0.4, -0.2) is 24.0 Å². The lowest BCUT2D eigenvalue weighted by atomic mass is 9.78. The Labute approximate surface area is 163 Å². The van der Waals surface area contributed by atoms with Crippen LogP contribution in [0.4, 0.5) is 0 Å². The Hall–Kier alpha value is -0.790. The Balaban J connectivity index is 0.00000288. The van der Waals surface area contributed by atoms with Crippen LogP contribution in [0.15, 0.2) is 9.41 Å². The number of nitrogens with one attached hydrogen (secondary N) is 2. The zero-order valence-corrected chi connectivity index (χ0v) is 18.1. The minimum Gasteiger partial charge on any atom is -0.444 e. The normalized spacial score (nSPS) is 16.1. The van der Waals surface area contributed by atoms with Gasteiger partial charge in [0.15, 0.2) is 5.96 Å². The number of hydrogen-bond acceptors (Lipinski definition) is 3. The largest absolute Gasteiger partial charge is 0.444 e. The predicted octanol–water partition coefficient (Wildman–Crippen LogP) is 4.18. The second-order valence-electron chi connectivity index (χ2n) is 7.27. The topological polar surface area (TPSA) is 62.5 Å². The first-order valence-corrected chi connectivity index (χ1v) is 8.87. The zero-order valence-electron chi connectivity index (χ0n) is 15.7. The van der Waals surface area contributed by atoms with Crippen molar-refractivity contribution < 1.29 is 4.42 Å². The maximum Gasteiger partial charge on any atom is 0.216 e. The van der Waals surface area contributed by atoms with Gasteiger partial charge in [0.25, 0.3) is 0 Å². The molecule has 0 spiro atoms. The molecule has 1 heterocycles. The van der Waals surface area contributed by atoms with E-state index in [0.717, 1.165) is 36.4 Å². The van der Waals surface area contributed by atoms with Gasteiger partial charge in [-0.1, -0.05) is 26.7 Å². The van der Waals surface area contributed by atoms with Crippen molar-refractivity contribution in [3.8, 4) is 0 Å². The highest BCUT2D eigenvalue weighted by molar-refractivity contribution is 14.0. The summed E-state index contributed by atoms with van der Waals surface area (Å²) in [6, 6.07) is 0. The van der Waals surface area contributed by atoms with Crippen LogP contribution >= 0.6 is 24.0 Å². The molecule has 1 aliphatic rings. The Morgan fingerprint density at radius 3 is 2.46 bits per heavy atom. The van der Waals surface area contributed by atoms with Gasteiger partial charge in [-0.25, -0.2) is 9.98 Å². The summed E-state index contributed by atoms with van der Waals surface area (Å²) in [5, 5.41) is 6.81. The molecule has 0 unspecified atom stereocenters. The van der Waals surface area contributed by atoms with Crippen LogP contribution in [0.2, 0.25) is 0 Å². The lowest BCUT2D eigenvalue weighted by Gasteiger charge is -2.32. The molecule has 138 valence electrons. The van der Waals surface area contributed by atoms with Gasteiger partial charge < -0.3 is 15.1 Å². The summed E-state index contributed by atoms with van der Waals surface area (Å²) in [6.07, 6.45) is 5.48. The highest BCUT2D eigenvalue weighted by atomic mass is 127. The van der Waals surface area contributed by atoms with Crippen LogP contribution in [0.1, 0.15) is 63.8 Å². The Morgan fingerprint density at radius 1 is 1.25 bits per heavy atom. The van der Waals surface area contributed by atoms with Crippen molar-refractivity contribution in [2.75, 3.05) is 13.1 Å². The molecule has 0 bridgehead atoms. The van der Waals surface area contributed by atoms with Gasteiger partial charge in [0.1, 0.15) is 12.3 Å². The Morgan fingerprint density at radius 2 is 1.92 bits per heavy atom. The van der Waals surface area contributed by atoms with E-state index in [0.29, 0.717) is 17.9 Å². The van der Waals surface area contributed by atoms with Crippen molar-refractivity contribution in [3.63, 3.8) is 0 Å². The average molecular weight is 448 g/mol. The third-order valence-corrected chi connectivity index (χ3v) is 4.96. The number of aryl methyl sites for hydroxylation is 2. The molecule has 2 rings (SSSR count). The molecule has 24 heavy (non-hydrogen) atoms. The quantitative estimate of drug-likeness (QED) is 0.390. The van der Waals surface area contributed by atoms with Gasteiger partial charge in [-0.05, 0) is 44.9 Å². The van der Waals surface area contributed by atoms with Crippen LogP contribution in [0.3, 0.4) is 0 Å². The average Bonchev–Trinajstić information content (AvgIpc) is 3.13. The molecule has 5 nitrogen and oxygen atoms in total. The first-order valence-electron chi connectivity index (χ1n) is 8.87. The van der Waals surface area contributed by atoms with Crippen LogP contribution in [0.5, 0.6) is 0 Å². The molecule has 1 aromatic rings. The molecular weight excluding hydrogens is 415 g/mol. The number of aromatic nitrogens is 1. The molecule has 2 N–H and O–H groups in total. The molecule has 1 fully saturated rings. The SMILES string of the molecule is CCNC(=NCc1nc(C)c(C)o1)NCC(C)(C)C1CCCC1.I. The van der Waals surface area contributed by atoms with E-state index in [1.807, 2.05) is 13.8 Å². The lowest BCUT2D eigenvalue weighted by molar-refractivity contribution is 0.218. The summed E-state index contributed by atoms with van der Waals surface area (Å²) in [6.45, 7) is 12.9. The van der Waals surface area contributed by atoms with E-state index >= 15 is 0 Å². The van der Waals surface area contributed by atoms with E-state index in [1.54, 1.807) is 0 Å². The van der Waals surface area contributed by atoms with Crippen molar-refractivity contribution in [3.05, 3.63) is 17.3 Å². The van der Waals surface area contributed by atoms with Crippen LogP contribution in [-0.2, 0) is 6.54 Å². The first kappa shape index (κ1) is 21.3.